The van der Waals surface area contributed by atoms with Crippen LogP contribution < -0.4 is 4.74 Å². The highest BCUT2D eigenvalue weighted by Crippen LogP contribution is 2.53. The highest BCUT2D eigenvalue weighted by Gasteiger charge is 2.58. The average molecular weight is 519 g/mol. The third kappa shape index (κ3) is 5.75. The first kappa shape index (κ1) is 25.9. The molecule has 3 aliphatic rings. The number of nitrogens with zero attached hydrogens (tertiary/aromatic N) is 4. The average Bonchev–Trinajstić information content (AvgIpc) is 3.31. The SMILES string of the molecule is O=C(c1ccc(-c2cnc(OCC3CCN(CC4(C(F)(F)F)CCC4)CC3)nc2)cc1)N1CC[C@H](O)C1. The number of aliphatic hydroxyl groups is 1. The van der Waals surface area contributed by atoms with E-state index >= 15 is 0 Å². The number of aromatic nitrogens is 2. The van der Waals surface area contributed by atoms with Gasteiger partial charge in [-0.2, -0.15) is 13.2 Å². The second kappa shape index (κ2) is 10.6. The molecule has 1 saturated carbocycles. The Bertz CT molecular complexity index is 1070. The molecule has 1 N–H and O–H groups in total. The smallest absolute Gasteiger partial charge is 0.395 e. The Balaban J connectivity index is 1.08. The number of alkyl halides is 3. The summed E-state index contributed by atoms with van der Waals surface area (Å²) >= 11 is 0. The normalized spacial score (nSPS) is 22.6. The Morgan fingerprint density at radius 3 is 2.24 bits per heavy atom. The predicted molar refractivity (Wildman–Crippen MR) is 131 cm³/mol. The lowest BCUT2D eigenvalue weighted by molar-refractivity contribution is -0.256. The number of halogens is 3. The molecule has 0 bridgehead atoms. The highest BCUT2D eigenvalue weighted by atomic mass is 19.4. The molecule has 1 aromatic carbocycles. The molecule has 2 saturated heterocycles. The molecular formula is C27H33F3N4O3. The van der Waals surface area contributed by atoms with Gasteiger partial charge in [0.25, 0.3) is 5.91 Å². The number of likely N-dealkylation sites (tertiary alicyclic amines) is 2. The Morgan fingerprint density at radius 1 is 1.03 bits per heavy atom. The lowest BCUT2D eigenvalue weighted by Crippen LogP contribution is -2.53. The van der Waals surface area contributed by atoms with Gasteiger partial charge >= 0.3 is 12.2 Å². The summed E-state index contributed by atoms with van der Waals surface area (Å²) in [7, 11) is 0. The molecule has 0 unspecified atom stereocenters. The number of rotatable bonds is 7. The maximum atomic E-state index is 13.5. The molecule has 3 heterocycles. The van der Waals surface area contributed by atoms with Crippen molar-refractivity contribution in [2.75, 3.05) is 39.3 Å². The Kier molecular flexibility index (Phi) is 7.40. The molecule has 5 rings (SSSR count). The van der Waals surface area contributed by atoms with Crippen LogP contribution in [0.1, 0.15) is 48.9 Å². The zero-order chi connectivity index (χ0) is 26.0. The van der Waals surface area contributed by atoms with Crippen LogP contribution in [0.2, 0.25) is 0 Å². The zero-order valence-electron chi connectivity index (χ0n) is 20.8. The van der Waals surface area contributed by atoms with E-state index in [1.165, 1.54) is 0 Å². The van der Waals surface area contributed by atoms with Crippen molar-refractivity contribution in [2.45, 2.75) is 50.8 Å². The van der Waals surface area contributed by atoms with Crippen LogP contribution in [0.5, 0.6) is 6.01 Å². The lowest BCUT2D eigenvalue weighted by Gasteiger charge is -2.47. The minimum Gasteiger partial charge on any atom is -0.463 e. The number of aliphatic hydroxyl groups excluding tert-OH is 1. The third-order valence-corrected chi connectivity index (χ3v) is 8.14. The van der Waals surface area contributed by atoms with Gasteiger partial charge in [-0.15, -0.1) is 0 Å². The fourth-order valence-corrected chi connectivity index (χ4v) is 5.52. The summed E-state index contributed by atoms with van der Waals surface area (Å²) in [6.45, 7) is 2.80. The number of hydrogen-bond donors (Lipinski definition) is 1. The van der Waals surface area contributed by atoms with Gasteiger partial charge in [0.15, 0.2) is 0 Å². The van der Waals surface area contributed by atoms with Gasteiger partial charge in [-0.1, -0.05) is 18.6 Å². The zero-order valence-corrected chi connectivity index (χ0v) is 20.8. The highest BCUT2D eigenvalue weighted by molar-refractivity contribution is 5.94. The Hall–Kier alpha value is -2.72. The number of piperidine rings is 1. The van der Waals surface area contributed by atoms with Crippen LogP contribution >= 0.6 is 0 Å². The first-order valence-electron chi connectivity index (χ1n) is 13.0. The monoisotopic (exact) mass is 518 g/mol. The van der Waals surface area contributed by atoms with E-state index < -0.39 is 17.7 Å². The molecule has 2 aliphatic heterocycles. The standard InChI is InChI=1S/C27H33F3N4O3/c28-27(29,30)26(9-1-10-26)18-33-11-6-19(7-12-33)17-37-25-31-14-22(15-32-25)20-2-4-21(5-3-20)24(36)34-13-8-23(35)16-34/h2-5,14-15,19,23,35H,1,6-13,16-18H2/t23-/m0/s1. The molecule has 7 nitrogen and oxygen atoms in total. The van der Waals surface area contributed by atoms with Crippen molar-refractivity contribution in [2.24, 2.45) is 11.3 Å². The van der Waals surface area contributed by atoms with E-state index in [1.807, 2.05) is 17.0 Å². The first-order valence-corrected chi connectivity index (χ1v) is 13.0. The summed E-state index contributed by atoms with van der Waals surface area (Å²) < 4.78 is 46.2. The van der Waals surface area contributed by atoms with E-state index in [2.05, 4.69) is 9.97 Å². The van der Waals surface area contributed by atoms with Crippen molar-refractivity contribution in [3.05, 3.63) is 42.2 Å². The number of β-amino-alcohol motifs (C(OH)–C–C–N with tert-alkyl or cyclic N) is 1. The Morgan fingerprint density at radius 2 is 1.70 bits per heavy atom. The summed E-state index contributed by atoms with van der Waals surface area (Å²) in [5.41, 5.74) is 0.746. The van der Waals surface area contributed by atoms with Gasteiger partial charge in [-0.05, 0) is 68.8 Å². The maximum absolute atomic E-state index is 13.5. The second-order valence-corrected chi connectivity index (χ2v) is 10.7. The van der Waals surface area contributed by atoms with E-state index in [9.17, 15) is 23.1 Å². The van der Waals surface area contributed by atoms with Crippen LogP contribution in [-0.2, 0) is 0 Å². The summed E-state index contributed by atoms with van der Waals surface area (Å²) in [4.78, 5) is 24.8. The lowest BCUT2D eigenvalue weighted by atomic mass is 9.67. The first-order chi connectivity index (χ1) is 17.7. The molecule has 0 spiro atoms. The van der Waals surface area contributed by atoms with E-state index in [1.54, 1.807) is 29.4 Å². The maximum Gasteiger partial charge on any atom is 0.395 e. The van der Waals surface area contributed by atoms with Gasteiger partial charge in [-0.3, -0.25) is 4.79 Å². The van der Waals surface area contributed by atoms with Crippen LogP contribution in [0.4, 0.5) is 13.2 Å². The van der Waals surface area contributed by atoms with Crippen LogP contribution in [0, 0.1) is 11.3 Å². The van der Waals surface area contributed by atoms with E-state index in [-0.39, 0.29) is 37.2 Å². The van der Waals surface area contributed by atoms with Gasteiger partial charge < -0.3 is 19.6 Å². The molecule has 37 heavy (non-hydrogen) atoms. The molecule has 1 atom stereocenters. The summed E-state index contributed by atoms with van der Waals surface area (Å²) in [6, 6.07) is 7.50. The van der Waals surface area contributed by atoms with Crippen LogP contribution in [-0.4, -0.2) is 82.4 Å². The molecule has 10 heteroatoms. The van der Waals surface area contributed by atoms with Crippen molar-refractivity contribution in [3.63, 3.8) is 0 Å². The van der Waals surface area contributed by atoms with Crippen LogP contribution in [0.15, 0.2) is 36.7 Å². The largest absolute Gasteiger partial charge is 0.463 e. The molecule has 0 radical (unpaired) electrons. The molecule has 200 valence electrons. The van der Waals surface area contributed by atoms with E-state index in [0.29, 0.717) is 51.2 Å². The number of amides is 1. The van der Waals surface area contributed by atoms with Gasteiger partial charge in [0.05, 0.1) is 18.1 Å². The van der Waals surface area contributed by atoms with Crippen molar-refractivity contribution >= 4 is 5.91 Å². The number of carbonyl (C=O) groups is 1. The predicted octanol–water partition coefficient (Wildman–Crippen LogP) is 4.17. The number of benzene rings is 1. The second-order valence-electron chi connectivity index (χ2n) is 10.7. The van der Waals surface area contributed by atoms with Gasteiger partial charge in [0.1, 0.15) is 0 Å². The van der Waals surface area contributed by atoms with Crippen molar-refractivity contribution < 1.29 is 27.8 Å². The summed E-state index contributed by atoms with van der Waals surface area (Å²) in [5, 5.41) is 9.65. The Labute approximate surface area is 214 Å². The van der Waals surface area contributed by atoms with E-state index in [4.69, 9.17) is 4.74 Å². The molecule has 1 amide bonds. The van der Waals surface area contributed by atoms with Crippen LogP contribution in [0.3, 0.4) is 0 Å². The number of carbonyl (C=O) groups excluding carboxylic acids is 1. The minimum absolute atomic E-state index is 0.0863. The molecule has 1 aliphatic carbocycles. The van der Waals surface area contributed by atoms with Gasteiger partial charge in [-0.25, -0.2) is 9.97 Å². The van der Waals surface area contributed by atoms with Gasteiger partial charge in [0.2, 0.25) is 0 Å². The molecule has 2 aromatic rings. The molecule has 3 fully saturated rings. The van der Waals surface area contributed by atoms with Crippen molar-refractivity contribution in [1.29, 1.82) is 0 Å². The van der Waals surface area contributed by atoms with Crippen molar-refractivity contribution in [3.8, 4) is 17.1 Å². The summed E-state index contributed by atoms with van der Waals surface area (Å²) in [5.74, 6) is 0.182. The van der Waals surface area contributed by atoms with E-state index in [0.717, 1.165) is 24.0 Å². The quantitative estimate of drug-likeness (QED) is 0.593. The fraction of sp³-hybridized carbons (Fsp3) is 0.593. The topological polar surface area (TPSA) is 78.8 Å². The van der Waals surface area contributed by atoms with Crippen LogP contribution in [0.25, 0.3) is 11.1 Å². The molecular weight excluding hydrogens is 485 g/mol. The number of hydrogen-bond acceptors (Lipinski definition) is 6. The number of ether oxygens (including phenoxy) is 1. The van der Waals surface area contributed by atoms with Gasteiger partial charge in [0, 0.05) is 43.2 Å². The minimum atomic E-state index is -4.12. The third-order valence-electron chi connectivity index (χ3n) is 8.14. The summed E-state index contributed by atoms with van der Waals surface area (Å²) in [6.07, 6.45) is 2.15. The van der Waals surface area contributed by atoms with Crippen molar-refractivity contribution in [1.82, 2.24) is 19.8 Å². The fourth-order valence-electron chi connectivity index (χ4n) is 5.52. The molecule has 1 aromatic heterocycles.